The lowest BCUT2D eigenvalue weighted by Gasteiger charge is -2.28. The van der Waals surface area contributed by atoms with Crippen LogP contribution >= 0.6 is 0 Å². The normalized spacial score (nSPS) is 14.1. The summed E-state index contributed by atoms with van der Waals surface area (Å²) in [6.07, 6.45) is 10.4. The maximum Gasteiger partial charge on any atom is 0.331 e. The highest BCUT2D eigenvalue weighted by molar-refractivity contribution is 5.82. The summed E-state index contributed by atoms with van der Waals surface area (Å²) in [5, 5.41) is 8.86. The lowest BCUT2D eigenvalue weighted by Crippen LogP contribution is -2.43. The largest absolute Gasteiger partial charge is 0.481 e. The highest BCUT2D eigenvalue weighted by atomic mass is 16.5. The van der Waals surface area contributed by atoms with Crippen molar-refractivity contribution in [2.45, 2.75) is 25.9 Å². The molecule has 1 unspecified atom stereocenters. The standard InChI is InChI=1S/C16H25NO4/c1-5-6-7-8-9-10-11-16(20)21-14(12-15(18)19)13-17(2,3)4/h6-11,14H,5,12-13H2,1-4H3/p+1/b7-6+,9-8+,11-10+. The van der Waals surface area contributed by atoms with Crippen LogP contribution in [0.4, 0.5) is 0 Å². The zero-order valence-corrected chi connectivity index (χ0v) is 13.3. The number of esters is 1. The molecule has 0 aromatic rings. The molecule has 0 saturated heterocycles. The van der Waals surface area contributed by atoms with E-state index >= 15 is 0 Å². The number of allylic oxidation sites excluding steroid dienone is 5. The van der Waals surface area contributed by atoms with Crippen molar-refractivity contribution >= 4 is 11.9 Å². The maximum atomic E-state index is 11.6. The minimum absolute atomic E-state index is 0.190. The van der Waals surface area contributed by atoms with Crippen LogP contribution in [-0.4, -0.2) is 55.3 Å². The van der Waals surface area contributed by atoms with E-state index in [4.69, 9.17) is 9.84 Å². The SMILES string of the molecule is CC/C=C/C=C/C=C/C(=O)OC(CC(=O)O)C[N+](C)(C)C. The summed E-state index contributed by atoms with van der Waals surface area (Å²) < 4.78 is 5.72. The first-order valence-electron chi connectivity index (χ1n) is 6.97. The van der Waals surface area contributed by atoms with Crippen molar-refractivity contribution in [2.75, 3.05) is 27.7 Å². The molecular weight excluding hydrogens is 270 g/mol. The minimum atomic E-state index is -0.977. The van der Waals surface area contributed by atoms with E-state index in [1.165, 1.54) is 6.08 Å². The highest BCUT2D eigenvalue weighted by Crippen LogP contribution is 2.05. The fraction of sp³-hybridized carbons (Fsp3) is 0.500. The Balaban J connectivity index is 4.45. The molecule has 5 nitrogen and oxygen atoms in total. The van der Waals surface area contributed by atoms with Crippen molar-refractivity contribution < 1.29 is 23.9 Å². The van der Waals surface area contributed by atoms with E-state index < -0.39 is 18.0 Å². The number of ether oxygens (including phenoxy) is 1. The Bertz CT molecular complexity index is 416. The van der Waals surface area contributed by atoms with Crippen molar-refractivity contribution in [3.05, 3.63) is 36.5 Å². The van der Waals surface area contributed by atoms with Gasteiger partial charge in [-0.15, -0.1) is 0 Å². The zero-order chi connectivity index (χ0) is 16.3. The molecule has 21 heavy (non-hydrogen) atoms. The molecule has 0 fully saturated rings. The summed E-state index contributed by atoms with van der Waals surface area (Å²) in [5.41, 5.74) is 0. The van der Waals surface area contributed by atoms with Gasteiger partial charge in [-0.05, 0) is 6.42 Å². The first kappa shape index (κ1) is 19.1. The average Bonchev–Trinajstić information content (AvgIpc) is 2.30. The molecule has 0 aliphatic carbocycles. The van der Waals surface area contributed by atoms with Crippen LogP contribution in [0.3, 0.4) is 0 Å². The highest BCUT2D eigenvalue weighted by Gasteiger charge is 2.23. The number of rotatable bonds is 9. The minimum Gasteiger partial charge on any atom is -0.481 e. The third-order valence-corrected chi connectivity index (χ3v) is 2.37. The molecule has 5 heteroatoms. The zero-order valence-electron chi connectivity index (χ0n) is 13.3. The summed E-state index contributed by atoms with van der Waals surface area (Å²) in [6.45, 7) is 2.48. The number of nitrogens with zero attached hydrogens (tertiary/aromatic N) is 1. The maximum absolute atomic E-state index is 11.6. The molecule has 1 N–H and O–H groups in total. The van der Waals surface area contributed by atoms with Crippen LogP contribution in [0.25, 0.3) is 0 Å². The van der Waals surface area contributed by atoms with Gasteiger partial charge in [0.15, 0.2) is 6.10 Å². The number of carbonyl (C=O) groups excluding carboxylic acids is 1. The molecule has 0 bridgehead atoms. The lowest BCUT2D eigenvalue weighted by molar-refractivity contribution is -0.873. The van der Waals surface area contributed by atoms with Crippen molar-refractivity contribution in [3.63, 3.8) is 0 Å². The third-order valence-electron chi connectivity index (χ3n) is 2.37. The monoisotopic (exact) mass is 296 g/mol. The van der Waals surface area contributed by atoms with Crippen LogP contribution in [0.5, 0.6) is 0 Å². The summed E-state index contributed by atoms with van der Waals surface area (Å²) in [7, 11) is 5.75. The molecular formula is C16H26NO4+. The quantitative estimate of drug-likeness (QED) is 0.306. The molecule has 0 aromatic heterocycles. The van der Waals surface area contributed by atoms with Gasteiger partial charge in [-0.25, -0.2) is 4.79 Å². The van der Waals surface area contributed by atoms with Crippen LogP contribution in [-0.2, 0) is 14.3 Å². The topological polar surface area (TPSA) is 63.6 Å². The first-order valence-corrected chi connectivity index (χ1v) is 6.97. The average molecular weight is 296 g/mol. The predicted molar refractivity (Wildman–Crippen MR) is 82.7 cm³/mol. The molecule has 0 rings (SSSR count). The van der Waals surface area contributed by atoms with E-state index in [-0.39, 0.29) is 6.42 Å². The van der Waals surface area contributed by atoms with E-state index in [1.54, 1.807) is 12.2 Å². The lowest BCUT2D eigenvalue weighted by atomic mass is 10.2. The van der Waals surface area contributed by atoms with Crippen molar-refractivity contribution in [1.82, 2.24) is 0 Å². The van der Waals surface area contributed by atoms with Gasteiger partial charge in [0.1, 0.15) is 6.54 Å². The molecule has 0 amide bonds. The third kappa shape index (κ3) is 12.9. The van der Waals surface area contributed by atoms with E-state index in [9.17, 15) is 9.59 Å². The van der Waals surface area contributed by atoms with E-state index in [0.717, 1.165) is 6.42 Å². The van der Waals surface area contributed by atoms with Gasteiger partial charge in [0.25, 0.3) is 0 Å². The first-order chi connectivity index (χ1) is 9.74. The molecule has 0 aliphatic heterocycles. The molecule has 0 radical (unpaired) electrons. The molecule has 0 aliphatic rings. The molecule has 0 spiro atoms. The van der Waals surface area contributed by atoms with Gasteiger partial charge in [0.05, 0.1) is 27.6 Å². The second-order valence-corrected chi connectivity index (χ2v) is 5.71. The van der Waals surface area contributed by atoms with Gasteiger partial charge in [-0.3, -0.25) is 4.79 Å². The Kier molecular flexibility index (Phi) is 9.05. The Labute approximate surface area is 126 Å². The second-order valence-electron chi connectivity index (χ2n) is 5.71. The van der Waals surface area contributed by atoms with Gasteiger partial charge in [0.2, 0.25) is 0 Å². The van der Waals surface area contributed by atoms with Gasteiger partial charge >= 0.3 is 11.9 Å². The summed E-state index contributed by atoms with van der Waals surface area (Å²) in [6, 6.07) is 0. The van der Waals surface area contributed by atoms with Gasteiger partial charge in [-0.1, -0.05) is 37.3 Å². The van der Waals surface area contributed by atoms with Crippen LogP contribution < -0.4 is 0 Å². The molecule has 118 valence electrons. The van der Waals surface area contributed by atoms with E-state index in [0.29, 0.717) is 11.0 Å². The Morgan fingerprint density at radius 1 is 1.14 bits per heavy atom. The molecule has 0 aromatic carbocycles. The number of carboxylic acid groups (broad SMARTS) is 1. The summed E-state index contributed by atoms with van der Waals surface area (Å²) in [4.78, 5) is 22.5. The van der Waals surface area contributed by atoms with Crippen LogP contribution in [0.1, 0.15) is 19.8 Å². The van der Waals surface area contributed by atoms with Gasteiger partial charge < -0.3 is 14.3 Å². The summed E-state index contributed by atoms with van der Waals surface area (Å²) >= 11 is 0. The second kappa shape index (κ2) is 9.94. The fourth-order valence-corrected chi connectivity index (χ4v) is 1.63. The van der Waals surface area contributed by atoms with Gasteiger partial charge in [-0.2, -0.15) is 0 Å². The summed E-state index contributed by atoms with van der Waals surface area (Å²) in [5.74, 6) is -1.51. The van der Waals surface area contributed by atoms with Crippen LogP contribution in [0.2, 0.25) is 0 Å². The number of hydrogen-bond donors (Lipinski definition) is 1. The van der Waals surface area contributed by atoms with E-state index in [1.807, 2.05) is 46.3 Å². The van der Waals surface area contributed by atoms with Crippen LogP contribution in [0.15, 0.2) is 36.5 Å². The number of likely N-dealkylation sites (N-methyl/N-ethyl adjacent to an activating group) is 1. The fourth-order valence-electron chi connectivity index (χ4n) is 1.63. The molecule has 0 saturated carbocycles. The van der Waals surface area contributed by atoms with E-state index in [2.05, 4.69) is 0 Å². The predicted octanol–water partition coefficient (Wildman–Crippen LogP) is 2.16. The number of quaternary nitrogens is 1. The van der Waals surface area contributed by atoms with Gasteiger partial charge in [0, 0.05) is 6.08 Å². The number of aliphatic carboxylic acids is 1. The number of hydrogen-bond acceptors (Lipinski definition) is 3. The Hall–Kier alpha value is -1.88. The molecule has 1 atom stereocenters. The smallest absolute Gasteiger partial charge is 0.331 e. The van der Waals surface area contributed by atoms with Crippen molar-refractivity contribution in [2.24, 2.45) is 0 Å². The Morgan fingerprint density at radius 2 is 1.76 bits per heavy atom. The number of carboxylic acids is 1. The van der Waals surface area contributed by atoms with Crippen LogP contribution in [0, 0.1) is 0 Å². The van der Waals surface area contributed by atoms with Crippen molar-refractivity contribution in [1.29, 1.82) is 0 Å². The van der Waals surface area contributed by atoms with Crippen molar-refractivity contribution in [3.8, 4) is 0 Å². The molecule has 0 heterocycles. The number of carbonyl (C=O) groups is 2. The Morgan fingerprint density at radius 3 is 2.29 bits per heavy atom.